The summed E-state index contributed by atoms with van der Waals surface area (Å²) in [5, 5.41) is 3.26. The predicted molar refractivity (Wildman–Crippen MR) is 96.6 cm³/mol. The molecule has 0 atom stereocenters. The van der Waals surface area contributed by atoms with Crippen molar-refractivity contribution < 1.29 is 9.47 Å². The fourth-order valence-electron chi connectivity index (χ4n) is 2.05. The maximum absolute atomic E-state index is 5.77. The second-order valence-electron chi connectivity index (χ2n) is 5.00. The number of methoxy groups -OCH3 is 1. The molecule has 0 aliphatic rings. The lowest BCUT2D eigenvalue weighted by Gasteiger charge is -2.09. The summed E-state index contributed by atoms with van der Waals surface area (Å²) in [5.74, 6) is 2.86. The first kappa shape index (κ1) is 16.3. The Bertz CT molecular complexity index is 792. The minimum absolute atomic E-state index is 0.545. The Morgan fingerprint density at radius 3 is 2.50 bits per heavy atom. The summed E-state index contributed by atoms with van der Waals surface area (Å²) in [5.41, 5.74) is 1.05. The van der Waals surface area contributed by atoms with Gasteiger partial charge in [0, 0.05) is 29.5 Å². The van der Waals surface area contributed by atoms with Crippen molar-refractivity contribution in [2.45, 2.75) is 6.54 Å². The normalized spacial score (nSPS) is 10.2. The molecule has 0 radical (unpaired) electrons. The lowest BCUT2D eigenvalue weighted by molar-refractivity contribution is 0.412. The summed E-state index contributed by atoms with van der Waals surface area (Å²) in [4.78, 5) is 8.52. The van der Waals surface area contributed by atoms with E-state index in [0.717, 1.165) is 21.6 Å². The van der Waals surface area contributed by atoms with Gasteiger partial charge in [-0.25, -0.2) is 9.97 Å². The molecular weight excluding hydrogens is 370 g/mol. The molecule has 0 aliphatic heterocycles. The Balaban J connectivity index is 1.63. The molecule has 6 heteroatoms. The van der Waals surface area contributed by atoms with Gasteiger partial charge in [0.1, 0.15) is 17.3 Å². The molecule has 0 bridgehead atoms. The number of nitrogens with zero attached hydrogens (tertiary/aromatic N) is 2. The third-order valence-corrected chi connectivity index (χ3v) is 3.75. The third-order valence-electron chi connectivity index (χ3n) is 3.28. The van der Waals surface area contributed by atoms with E-state index in [-0.39, 0.29) is 0 Å². The minimum atomic E-state index is 0.545. The van der Waals surface area contributed by atoms with Crippen molar-refractivity contribution in [2.24, 2.45) is 0 Å². The van der Waals surface area contributed by atoms with Gasteiger partial charge in [-0.1, -0.05) is 0 Å². The molecule has 2 heterocycles. The van der Waals surface area contributed by atoms with Gasteiger partial charge in [0.2, 0.25) is 5.88 Å². The van der Waals surface area contributed by atoms with E-state index in [1.54, 1.807) is 19.5 Å². The van der Waals surface area contributed by atoms with E-state index in [2.05, 4.69) is 31.2 Å². The first-order chi connectivity index (χ1) is 11.7. The molecule has 1 N–H and O–H groups in total. The lowest BCUT2D eigenvalue weighted by Crippen LogP contribution is -2.01. The maximum Gasteiger partial charge on any atom is 0.219 e. The number of anilines is 1. The molecule has 0 unspecified atom stereocenters. The molecule has 3 rings (SSSR count). The Hall–Kier alpha value is -2.60. The second kappa shape index (κ2) is 7.79. The van der Waals surface area contributed by atoms with Crippen molar-refractivity contribution in [3.05, 3.63) is 71.0 Å². The number of aromatic nitrogens is 2. The van der Waals surface area contributed by atoms with Crippen LogP contribution < -0.4 is 14.8 Å². The highest BCUT2D eigenvalue weighted by Crippen LogP contribution is 2.23. The topological polar surface area (TPSA) is 56.3 Å². The molecule has 0 spiro atoms. The average molecular weight is 386 g/mol. The standard InChI is InChI=1S/C18H16BrN3O2/c1-23-15-3-5-16(6-4-15)24-18-10-13(8-9-20-18)11-21-17-7-2-14(19)12-22-17/h2-10,12H,11H2,1H3,(H,21,22). The van der Waals surface area contributed by atoms with Crippen molar-refractivity contribution in [3.8, 4) is 17.4 Å². The fourth-order valence-corrected chi connectivity index (χ4v) is 2.29. The summed E-state index contributed by atoms with van der Waals surface area (Å²) in [7, 11) is 1.63. The summed E-state index contributed by atoms with van der Waals surface area (Å²) in [6, 6.07) is 15.1. The number of hydrogen-bond acceptors (Lipinski definition) is 5. The van der Waals surface area contributed by atoms with Gasteiger partial charge < -0.3 is 14.8 Å². The van der Waals surface area contributed by atoms with Crippen molar-refractivity contribution in [2.75, 3.05) is 12.4 Å². The van der Waals surface area contributed by atoms with Crippen LogP contribution in [0.2, 0.25) is 0 Å². The van der Waals surface area contributed by atoms with E-state index in [0.29, 0.717) is 18.2 Å². The maximum atomic E-state index is 5.77. The molecule has 24 heavy (non-hydrogen) atoms. The molecule has 0 saturated heterocycles. The van der Waals surface area contributed by atoms with Crippen LogP contribution in [-0.2, 0) is 6.54 Å². The van der Waals surface area contributed by atoms with Crippen molar-refractivity contribution in [3.63, 3.8) is 0 Å². The SMILES string of the molecule is COc1ccc(Oc2cc(CNc3ccc(Br)cn3)ccn2)cc1. The number of nitrogens with one attached hydrogen (secondary N) is 1. The van der Waals surface area contributed by atoms with Crippen LogP contribution in [0.3, 0.4) is 0 Å². The number of pyridine rings is 2. The molecule has 5 nitrogen and oxygen atoms in total. The number of hydrogen-bond donors (Lipinski definition) is 1. The molecule has 0 fully saturated rings. The molecule has 0 saturated carbocycles. The first-order valence-electron chi connectivity index (χ1n) is 7.35. The lowest BCUT2D eigenvalue weighted by atomic mass is 10.2. The van der Waals surface area contributed by atoms with Crippen LogP contribution in [0.1, 0.15) is 5.56 Å². The average Bonchev–Trinajstić information content (AvgIpc) is 2.62. The molecule has 3 aromatic rings. The van der Waals surface area contributed by atoms with Crippen LogP contribution in [0, 0.1) is 0 Å². The zero-order valence-corrected chi connectivity index (χ0v) is 14.7. The third kappa shape index (κ3) is 4.45. The van der Waals surface area contributed by atoms with E-state index in [1.165, 1.54) is 0 Å². The quantitative estimate of drug-likeness (QED) is 0.668. The van der Waals surface area contributed by atoms with Gasteiger partial charge in [0.25, 0.3) is 0 Å². The molecule has 1 aromatic carbocycles. The van der Waals surface area contributed by atoms with Crippen molar-refractivity contribution in [1.29, 1.82) is 0 Å². The van der Waals surface area contributed by atoms with Crippen LogP contribution in [0.15, 0.2) is 65.4 Å². The second-order valence-corrected chi connectivity index (χ2v) is 5.91. The highest BCUT2D eigenvalue weighted by molar-refractivity contribution is 9.10. The molecule has 0 aliphatic carbocycles. The molecular formula is C18H16BrN3O2. The van der Waals surface area contributed by atoms with Crippen molar-refractivity contribution in [1.82, 2.24) is 9.97 Å². The highest BCUT2D eigenvalue weighted by atomic mass is 79.9. The van der Waals surface area contributed by atoms with E-state index in [9.17, 15) is 0 Å². The van der Waals surface area contributed by atoms with Gasteiger partial charge >= 0.3 is 0 Å². The van der Waals surface area contributed by atoms with Crippen molar-refractivity contribution >= 4 is 21.7 Å². The summed E-state index contributed by atoms with van der Waals surface area (Å²) < 4.78 is 11.9. The van der Waals surface area contributed by atoms with E-state index in [1.807, 2.05) is 48.5 Å². The van der Waals surface area contributed by atoms with Crippen LogP contribution in [0.5, 0.6) is 17.4 Å². The van der Waals surface area contributed by atoms with Gasteiger partial charge in [0.05, 0.1) is 7.11 Å². The van der Waals surface area contributed by atoms with Crippen LogP contribution in [0.25, 0.3) is 0 Å². The van der Waals surface area contributed by atoms with Gasteiger partial charge in [-0.2, -0.15) is 0 Å². The number of ether oxygens (including phenoxy) is 2. The number of benzene rings is 1. The van der Waals surface area contributed by atoms with Gasteiger partial charge in [-0.3, -0.25) is 0 Å². The predicted octanol–water partition coefficient (Wildman–Crippen LogP) is 4.65. The zero-order valence-electron chi connectivity index (χ0n) is 13.1. The Labute approximate surface area is 148 Å². The fraction of sp³-hybridized carbons (Fsp3) is 0.111. The Morgan fingerprint density at radius 1 is 1.00 bits per heavy atom. The molecule has 122 valence electrons. The number of rotatable bonds is 6. The Morgan fingerprint density at radius 2 is 1.79 bits per heavy atom. The monoisotopic (exact) mass is 385 g/mol. The smallest absolute Gasteiger partial charge is 0.219 e. The van der Waals surface area contributed by atoms with E-state index >= 15 is 0 Å². The summed E-state index contributed by atoms with van der Waals surface area (Å²) in [6.45, 7) is 0.635. The van der Waals surface area contributed by atoms with E-state index in [4.69, 9.17) is 9.47 Å². The first-order valence-corrected chi connectivity index (χ1v) is 8.14. The van der Waals surface area contributed by atoms with Gasteiger partial charge in [0.15, 0.2) is 0 Å². The summed E-state index contributed by atoms with van der Waals surface area (Å²) >= 11 is 3.37. The Kier molecular flexibility index (Phi) is 5.28. The zero-order chi connectivity index (χ0) is 16.8. The highest BCUT2D eigenvalue weighted by Gasteiger charge is 2.02. The molecule has 2 aromatic heterocycles. The minimum Gasteiger partial charge on any atom is -0.497 e. The van der Waals surface area contributed by atoms with Crippen LogP contribution in [0.4, 0.5) is 5.82 Å². The van der Waals surface area contributed by atoms with Crippen LogP contribution >= 0.6 is 15.9 Å². The van der Waals surface area contributed by atoms with Gasteiger partial charge in [-0.15, -0.1) is 0 Å². The largest absolute Gasteiger partial charge is 0.497 e. The summed E-state index contributed by atoms with van der Waals surface area (Å²) in [6.07, 6.45) is 3.48. The number of halogens is 1. The van der Waals surface area contributed by atoms with Gasteiger partial charge in [-0.05, 0) is 64.0 Å². The molecule has 0 amide bonds. The van der Waals surface area contributed by atoms with E-state index < -0.39 is 0 Å². The van der Waals surface area contributed by atoms with Crippen LogP contribution in [-0.4, -0.2) is 17.1 Å².